The van der Waals surface area contributed by atoms with Crippen molar-refractivity contribution < 1.29 is 4.21 Å². The molecule has 2 unspecified atom stereocenters. The molecule has 1 aliphatic heterocycles. The van der Waals surface area contributed by atoms with E-state index in [1.165, 1.54) is 5.57 Å². The second-order valence-electron chi connectivity index (χ2n) is 8.57. The predicted octanol–water partition coefficient (Wildman–Crippen LogP) is 4.40. The SMILES string of the molecule is C=C(CC)CC1(C)CC(C)(C)CS(=O)(=NC#N)NC(C)(C)C1. The second-order valence-corrected chi connectivity index (χ2v) is 10.5. The molecule has 0 radical (unpaired) electrons. The van der Waals surface area contributed by atoms with E-state index in [4.69, 9.17) is 5.26 Å². The Labute approximate surface area is 136 Å². The zero-order valence-electron chi connectivity index (χ0n) is 15.0. The summed E-state index contributed by atoms with van der Waals surface area (Å²) in [5.41, 5.74) is 0.873. The van der Waals surface area contributed by atoms with Crippen LogP contribution in [-0.4, -0.2) is 15.5 Å². The van der Waals surface area contributed by atoms with Crippen LogP contribution in [0.4, 0.5) is 0 Å². The Hall–Kier alpha value is -0.860. The number of hydrogen-bond donors (Lipinski definition) is 1. The van der Waals surface area contributed by atoms with Crippen molar-refractivity contribution in [2.24, 2.45) is 15.2 Å². The van der Waals surface area contributed by atoms with Crippen LogP contribution in [0.15, 0.2) is 16.5 Å². The molecule has 0 aromatic heterocycles. The fraction of sp³-hybridized carbons (Fsp3) is 0.824. The average Bonchev–Trinajstić information content (AvgIpc) is 2.22. The number of allylic oxidation sites excluding steroid dienone is 1. The highest BCUT2D eigenvalue weighted by Gasteiger charge is 2.43. The lowest BCUT2D eigenvalue weighted by molar-refractivity contribution is 0.135. The maximum atomic E-state index is 13.0. The van der Waals surface area contributed by atoms with Gasteiger partial charge in [0.15, 0.2) is 0 Å². The number of nitrogens with zero attached hydrogens (tertiary/aromatic N) is 2. The van der Waals surface area contributed by atoms with Crippen LogP contribution in [0.25, 0.3) is 0 Å². The van der Waals surface area contributed by atoms with Gasteiger partial charge < -0.3 is 0 Å². The minimum absolute atomic E-state index is 0.0977. The molecule has 1 N–H and O–H groups in total. The first-order valence-corrected chi connectivity index (χ1v) is 9.61. The molecule has 1 fully saturated rings. The van der Waals surface area contributed by atoms with Crippen molar-refractivity contribution in [2.75, 3.05) is 5.75 Å². The molecular weight excluding hydrogens is 294 g/mol. The zero-order valence-corrected chi connectivity index (χ0v) is 15.8. The van der Waals surface area contributed by atoms with Crippen LogP contribution in [0.5, 0.6) is 0 Å². The topological polar surface area (TPSA) is 65.2 Å². The van der Waals surface area contributed by atoms with E-state index in [0.29, 0.717) is 5.75 Å². The average molecular weight is 326 g/mol. The molecule has 1 saturated heterocycles. The highest BCUT2D eigenvalue weighted by atomic mass is 32.2. The molecule has 1 rings (SSSR count). The van der Waals surface area contributed by atoms with E-state index in [0.717, 1.165) is 25.7 Å². The van der Waals surface area contributed by atoms with E-state index in [1.807, 2.05) is 13.8 Å². The molecule has 2 atom stereocenters. The van der Waals surface area contributed by atoms with Gasteiger partial charge in [-0.25, -0.2) is 8.93 Å². The third-order valence-corrected chi connectivity index (χ3v) is 6.58. The summed E-state index contributed by atoms with van der Waals surface area (Å²) in [6, 6.07) is 0. The lowest BCUT2D eigenvalue weighted by Gasteiger charge is -2.46. The first-order valence-electron chi connectivity index (χ1n) is 7.93. The maximum absolute atomic E-state index is 13.0. The molecule has 0 amide bonds. The molecule has 0 aromatic rings. The molecule has 0 aromatic carbocycles. The summed E-state index contributed by atoms with van der Waals surface area (Å²) in [6.07, 6.45) is 5.53. The molecule has 0 aliphatic carbocycles. The van der Waals surface area contributed by atoms with Gasteiger partial charge in [-0.15, -0.1) is 4.36 Å². The summed E-state index contributed by atoms with van der Waals surface area (Å²) in [5.74, 6) is 0.394. The highest BCUT2D eigenvalue weighted by molar-refractivity contribution is 7.91. The molecule has 5 heteroatoms. The van der Waals surface area contributed by atoms with E-state index >= 15 is 0 Å². The van der Waals surface area contributed by atoms with Crippen molar-refractivity contribution in [3.63, 3.8) is 0 Å². The molecule has 0 bridgehead atoms. The Morgan fingerprint density at radius 2 is 1.91 bits per heavy atom. The molecule has 4 nitrogen and oxygen atoms in total. The quantitative estimate of drug-likeness (QED) is 0.617. The van der Waals surface area contributed by atoms with Crippen molar-refractivity contribution in [3.8, 4) is 6.19 Å². The van der Waals surface area contributed by atoms with Gasteiger partial charge in [-0.1, -0.05) is 39.8 Å². The van der Waals surface area contributed by atoms with Gasteiger partial charge in [-0.2, -0.15) is 5.26 Å². The van der Waals surface area contributed by atoms with Gasteiger partial charge >= 0.3 is 0 Å². The molecule has 0 spiro atoms. The molecule has 1 aliphatic rings. The monoisotopic (exact) mass is 325 g/mol. The van der Waals surface area contributed by atoms with E-state index in [2.05, 4.69) is 43.4 Å². The maximum Gasteiger partial charge on any atom is 0.215 e. The number of rotatable bonds is 3. The van der Waals surface area contributed by atoms with Crippen molar-refractivity contribution in [1.82, 2.24) is 4.72 Å². The molecule has 22 heavy (non-hydrogen) atoms. The third kappa shape index (κ3) is 5.40. The highest BCUT2D eigenvalue weighted by Crippen LogP contribution is 2.46. The van der Waals surface area contributed by atoms with Crippen LogP contribution < -0.4 is 4.72 Å². The first-order chi connectivity index (χ1) is 9.84. The van der Waals surface area contributed by atoms with Crippen molar-refractivity contribution in [3.05, 3.63) is 12.2 Å². The van der Waals surface area contributed by atoms with Gasteiger partial charge in [-0.05, 0) is 50.4 Å². The summed E-state index contributed by atoms with van der Waals surface area (Å²) in [7, 11) is -2.71. The summed E-state index contributed by atoms with van der Waals surface area (Å²) < 4.78 is 19.9. The Bertz CT molecular complexity index is 564. The fourth-order valence-electron chi connectivity index (χ4n) is 4.34. The predicted molar refractivity (Wildman–Crippen MR) is 93.4 cm³/mol. The Balaban J connectivity index is 3.24. The largest absolute Gasteiger partial charge is 0.233 e. The summed E-state index contributed by atoms with van der Waals surface area (Å²) in [4.78, 5) is 0. The zero-order chi connectivity index (χ0) is 17.2. The first kappa shape index (κ1) is 19.2. The Kier molecular flexibility index (Phi) is 5.52. The Morgan fingerprint density at radius 3 is 2.41 bits per heavy atom. The van der Waals surface area contributed by atoms with Crippen molar-refractivity contribution >= 4 is 9.92 Å². The number of hydrogen-bond acceptors (Lipinski definition) is 3. The normalized spacial score (nSPS) is 34.0. The third-order valence-electron chi connectivity index (χ3n) is 4.16. The lowest BCUT2D eigenvalue weighted by Crippen LogP contribution is -2.52. The van der Waals surface area contributed by atoms with Crippen LogP contribution in [0.1, 0.15) is 67.2 Å². The van der Waals surface area contributed by atoms with Gasteiger partial charge in [0, 0.05) is 5.54 Å². The van der Waals surface area contributed by atoms with Crippen LogP contribution in [-0.2, 0) is 9.92 Å². The number of nitriles is 1. The van der Waals surface area contributed by atoms with E-state index in [1.54, 1.807) is 6.19 Å². The van der Waals surface area contributed by atoms with E-state index in [9.17, 15) is 4.21 Å². The molecular formula is C17H31N3OS. The molecule has 1 heterocycles. The minimum atomic E-state index is -2.71. The lowest BCUT2D eigenvalue weighted by atomic mass is 9.66. The fourth-order valence-corrected chi connectivity index (χ4v) is 6.76. The van der Waals surface area contributed by atoms with Crippen molar-refractivity contribution in [2.45, 2.75) is 72.8 Å². The van der Waals surface area contributed by atoms with Crippen LogP contribution in [0.2, 0.25) is 0 Å². The van der Waals surface area contributed by atoms with Gasteiger partial charge in [0.1, 0.15) is 9.92 Å². The van der Waals surface area contributed by atoms with Crippen molar-refractivity contribution in [1.29, 1.82) is 5.26 Å². The van der Waals surface area contributed by atoms with E-state index in [-0.39, 0.29) is 16.4 Å². The summed E-state index contributed by atoms with van der Waals surface area (Å²) >= 11 is 0. The summed E-state index contributed by atoms with van der Waals surface area (Å²) in [5, 5.41) is 8.89. The van der Waals surface area contributed by atoms with Gasteiger partial charge in [0.25, 0.3) is 0 Å². The van der Waals surface area contributed by atoms with Gasteiger partial charge in [0.2, 0.25) is 6.19 Å². The second kappa shape index (κ2) is 6.33. The van der Waals surface area contributed by atoms with Crippen LogP contribution in [0, 0.1) is 22.3 Å². The smallest absolute Gasteiger partial charge is 0.215 e. The van der Waals surface area contributed by atoms with Gasteiger partial charge in [0.05, 0.1) is 5.75 Å². The molecule has 0 saturated carbocycles. The number of nitrogens with one attached hydrogen (secondary N) is 1. The van der Waals surface area contributed by atoms with Crippen LogP contribution >= 0.6 is 0 Å². The minimum Gasteiger partial charge on any atom is -0.233 e. The van der Waals surface area contributed by atoms with Crippen LogP contribution in [0.3, 0.4) is 0 Å². The Morgan fingerprint density at radius 1 is 1.32 bits per heavy atom. The standard InChI is InChI=1S/C17H31N3OS/c1-8-14(2)9-17(7)10-15(3,4)12-22(21,19-13-18)20-16(5,6)11-17/h2,8-12H2,1,3-7H3,(H,19,20,21). The summed E-state index contributed by atoms with van der Waals surface area (Å²) in [6.45, 7) is 16.9. The van der Waals surface area contributed by atoms with Gasteiger partial charge in [-0.3, -0.25) is 0 Å². The molecule has 126 valence electrons. The van der Waals surface area contributed by atoms with E-state index < -0.39 is 9.92 Å².